The second kappa shape index (κ2) is 5.69. The van der Waals surface area contributed by atoms with Gasteiger partial charge in [-0.2, -0.15) is 8.42 Å². The monoisotopic (exact) mass is 270 g/mol. The van der Waals surface area contributed by atoms with Gasteiger partial charge < -0.3 is 10.2 Å². The van der Waals surface area contributed by atoms with E-state index in [1.165, 1.54) is 38.1 Å². The third-order valence-electron chi connectivity index (χ3n) is 3.11. The van der Waals surface area contributed by atoms with E-state index in [9.17, 15) is 8.42 Å². The van der Waals surface area contributed by atoms with E-state index in [0.717, 1.165) is 18.8 Å². The Hall–Kier alpha value is -1.11. The molecule has 0 amide bonds. The molecule has 1 aromatic carbocycles. The largest absolute Gasteiger partial charge is 0.384 e. The Bertz CT molecular complexity index is 479. The quantitative estimate of drug-likeness (QED) is 0.792. The Morgan fingerprint density at radius 3 is 2.33 bits per heavy atom. The molecule has 0 saturated carbocycles. The summed E-state index contributed by atoms with van der Waals surface area (Å²) in [6, 6.07) is 6.11. The topological polar surface area (TPSA) is 69.6 Å². The van der Waals surface area contributed by atoms with Crippen LogP contribution in [0.1, 0.15) is 12.8 Å². The summed E-state index contributed by atoms with van der Waals surface area (Å²) < 4.78 is 30.6. The third kappa shape index (κ3) is 3.69. The molecule has 1 aromatic rings. The molecule has 0 atom stereocenters. The van der Waals surface area contributed by atoms with Crippen LogP contribution in [0.25, 0.3) is 0 Å². The van der Waals surface area contributed by atoms with E-state index in [-0.39, 0.29) is 4.90 Å². The zero-order valence-electron chi connectivity index (χ0n) is 10.2. The molecule has 1 saturated heterocycles. The second-order valence-corrected chi connectivity index (χ2v) is 5.90. The van der Waals surface area contributed by atoms with Gasteiger partial charge in [0.15, 0.2) is 0 Å². The molecule has 2 rings (SSSR count). The summed E-state index contributed by atoms with van der Waals surface area (Å²) in [6.07, 6.45) is 2.56. The zero-order valence-corrected chi connectivity index (χ0v) is 11.0. The van der Waals surface area contributed by atoms with Crippen molar-refractivity contribution in [3.8, 4) is 0 Å². The number of hydrogen-bond acceptors (Lipinski definition) is 4. The lowest BCUT2D eigenvalue weighted by Crippen LogP contribution is -2.25. The highest BCUT2D eigenvalue weighted by molar-refractivity contribution is 7.85. The number of anilines is 1. The van der Waals surface area contributed by atoms with Crippen LogP contribution in [0, 0.1) is 0 Å². The molecule has 6 heteroatoms. The van der Waals surface area contributed by atoms with Crippen molar-refractivity contribution in [3.63, 3.8) is 0 Å². The summed E-state index contributed by atoms with van der Waals surface area (Å²) in [5.41, 5.74) is 0.863. The Balaban J connectivity index is 1.83. The zero-order chi connectivity index (χ0) is 13.0. The van der Waals surface area contributed by atoms with E-state index in [1.807, 2.05) is 0 Å². The Labute approximate surface area is 108 Å². The number of benzene rings is 1. The van der Waals surface area contributed by atoms with E-state index < -0.39 is 10.1 Å². The minimum absolute atomic E-state index is 0.0763. The number of nitrogens with zero attached hydrogens (tertiary/aromatic N) is 1. The molecular weight excluding hydrogens is 252 g/mol. The van der Waals surface area contributed by atoms with E-state index in [0.29, 0.717) is 0 Å². The first-order valence-corrected chi connectivity index (χ1v) is 7.53. The van der Waals surface area contributed by atoms with Crippen molar-refractivity contribution in [2.24, 2.45) is 0 Å². The second-order valence-electron chi connectivity index (χ2n) is 4.47. The van der Waals surface area contributed by atoms with E-state index >= 15 is 0 Å². The van der Waals surface area contributed by atoms with E-state index in [1.54, 1.807) is 12.1 Å². The van der Waals surface area contributed by atoms with Crippen LogP contribution in [0.4, 0.5) is 5.69 Å². The van der Waals surface area contributed by atoms with Gasteiger partial charge in [-0.3, -0.25) is 4.55 Å². The van der Waals surface area contributed by atoms with Crippen LogP contribution in [-0.2, 0) is 10.1 Å². The molecule has 0 radical (unpaired) electrons. The molecule has 0 aromatic heterocycles. The van der Waals surface area contributed by atoms with Crippen molar-refractivity contribution in [1.82, 2.24) is 4.90 Å². The summed E-state index contributed by atoms with van der Waals surface area (Å²) in [7, 11) is -4.09. The highest BCUT2D eigenvalue weighted by Gasteiger charge is 2.11. The minimum atomic E-state index is -4.09. The predicted molar refractivity (Wildman–Crippen MR) is 70.4 cm³/mol. The molecule has 0 bridgehead atoms. The van der Waals surface area contributed by atoms with Gasteiger partial charge in [-0.05, 0) is 50.2 Å². The van der Waals surface area contributed by atoms with Crippen LogP contribution < -0.4 is 5.32 Å². The van der Waals surface area contributed by atoms with Crippen molar-refractivity contribution < 1.29 is 13.0 Å². The van der Waals surface area contributed by atoms with Crippen LogP contribution in [0.2, 0.25) is 0 Å². The Morgan fingerprint density at radius 2 is 1.78 bits per heavy atom. The third-order valence-corrected chi connectivity index (χ3v) is 3.98. The predicted octanol–water partition coefficient (Wildman–Crippen LogP) is 1.44. The van der Waals surface area contributed by atoms with Crippen LogP contribution in [0.5, 0.6) is 0 Å². The van der Waals surface area contributed by atoms with Crippen LogP contribution in [-0.4, -0.2) is 44.0 Å². The molecule has 0 aliphatic carbocycles. The maximum Gasteiger partial charge on any atom is 0.294 e. The van der Waals surface area contributed by atoms with Crippen LogP contribution in [0.3, 0.4) is 0 Å². The molecule has 1 fully saturated rings. The molecule has 1 aliphatic heterocycles. The van der Waals surface area contributed by atoms with Crippen LogP contribution >= 0.6 is 0 Å². The molecule has 1 aliphatic rings. The Morgan fingerprint density at radius 1 is 1.17 bits per heavy atom. The molecule has 18 heavy (non-hydrogen) atoms. The lowest BCUT2D eigenvalue weighted by Gasteiger charge is -2.15. The van der Waals surface area contributed by atoms with Gasteiger partial charge in [-0.1, -0.05) is 0 Å². The lowest BCUT2D eigenvalue weighted by atomic mass is 10.3. The van der Waals surface area contributed by atoms with Gasteiger partial charge >= 0.3 is 0 Å². The fraction of sp³-hybridized carbons (Fsp3) is 0.500. The van der Waals surface area contributed by atoms with Gasteiger partial charge in [0, 0.05) is 18.8 Å². The van der Waals surface area contributed by atoms with Gasteiger partial charge in [-0.15, -0.1) is 0 Å². The summed E-state index contributed by atoms with van der Waals surface area (Å²) in [5, 5.41) is 3.23. The summed E-state index contributed by atoms with van der Waals surface area (Å²) >= 11 is 0. The van der Waals surface area contributed by atoms with Crippen molar-refractivity contribution in [3.05, 3.63) is 24.3 Å². The van der Waals surface area contributed by atoms with Gasteiger partial charge in [-0.25, -0.2) is 0 Å². The van der Waals surface area contributed by atoms with Gasteiger partial charge in [0.1, 0.15) is 0 Å². The van der Waals surface area contributed by atoms with Crippen molar-refractivity contribution in [2.45, 2.75) is 17.7 Å². The maximum atomic E-state index is 10.9. The number of likely N-dealkylation sites (tertiary alicyclic amines) is 1. The number of nitrogens with one attached hydrogen (secondary N) is 1. The fourth-order valence-corrected chi connectivity index (χ4v) is 2.59. The lowest BCUT2D eigenvalue weighted by molar-refractivity contribution is 0.352. The summed E-state index contributed by atoms with van der Waals surface area (Å²) in [4.78, 5) is 2.33. The molecule has 1 heterocycles. The molecule has 5 nitrogen and oxygen atoms in total. The highest BCUT2D eigenvalue weighted by Crippen LogP contribution is 2.13. The standard InChI is InChI=1S/C12H18N2O3S/c15-18(16,17)12-5-3-11(4-6-12)13-7-10-14-8-1-2-9-14/h3-6,13H,1-2,7-10H2,(H,15,16,17). The molecule has 100 valence electrons. The smallest absolute Gasteiger partial charge is 0.294 e. The normalized spacial score (nSPS) is 16.9. The van der Waals surface area contributed by atoms with Crippen molar-refractivity contribution >= 4 is 15.8 Å². The average Bonchev–Trinajstić information content (AvgIpc) is 2.82. The van der Waals surface area contributed by atoms with Crippen molar-refractivity contribution in [1.29, 1.82) is 0 Å². The molecule has 0 spiro atoms. The summed E-state index contributed by atoms with van der Waals surface area (Å²) in [5.74, 6) is 0. The van der Waals surface area contributed by atoms with Gasteiger partial charge in [0.25, 0.3) is 10.1 Å². The number of rotatable bonds is 5. The SMILES string of the molecule is O=S(=O)(O)c1ccc(NCCN2CCCC2)cc1. The van der Waals surface area contributed by atoms with Crippen LogP contribution in [0.15, 0.2) is 29.2 Å². The minimum Gasteiger partial charge on any atom is -0.384 e. The van der Waals surface area contributed by atoms with Gasteiger partial charge in [0.05, 0.1) is 4.90 Å². The maximum absolute atomic E-state index is 10.9. The highest BCUT2D eigenvalue weighted by atomic mass is 32.2. The average molecular weight is 270 g/mol. The Kier molecular flexibility index (Phi) is 4.21. The van der Waals surface area contributed by atoms with Crippen molar-refractivity contribution in [2.75, 3.05) is 31.5 Å². The fourth-order valence-electron chi connectivity index (χ4n) is 2.11. The van der Waals surface area contributed by atoms with E-state index in [4.69, 9.17) is 4.55 Å². The van der Waals surface area contributed by atoms with E-state index in [2.05, 4.69) is 10.2 Å². The molecule has 0 unspecified atom stereocenters. The van der Waals surface area contributed by atoms with Gasteiger partial charge in [0.2, 0.25) is 0 Å². The first-order chi connectivity index (χ1) is 8.55. The first-order valence-electron chi connectivity index (χ1n) is 6.09. The first kappa shape index (κ1) is 13.3. The number of hydrogen-bond donors (Lipinski definition) is 2. The summed E-state index contributed by atoms with van der Waals surface area (Å²) in [6.45, 7) is 4.18. The molecule has 2 N–H and O–H groups in total. The molecular formula is C12H18N2O3S.